The Balaban J connectivity index is 1.58. The molecule has 1 heteroatoms. The minimum absolute atomic E-state index is 0.499. The second kappa shape index (κ2) is 5.75. The van der Waals surface area contributed by atoms with E-state index < -0.39 is 0 Å². The Bertz CT molecular complexity index is 445. The fraction of sp³-hybridized carbons (Fsp3) is 1.00. The summed E-state index contributed by atoms with van der Waals surface area (Å²) in [5.41, 5.74) is 7.64. The lowest BCUT2D eigenvalue weighted by atomic mass is 9.44. The number of nitrogens with two attached hydrogens (primary N) is 1. The molecule has 0 aromatic rings. The molecule has 23 heavy (non-hydrogen) atoms. The molecule has 8 atom stereocenters. The molecule has 8 unspecified atom stereocenters. The van der Waals surface area contributed by atoms with E-state index in [4.69, 9.17) is 5.73 Å². The molecule has 0 aromatic carbocycles. The van der Waals surface area contributed by atoms with Gasteiger partial charge in [0.1, 0.15) is 0 Å². The summed E-state index contributed by atoms with van der Waals surface area (Å²) in [5, 5.41) is 0. The second-order valence-electron chi connectivity index (χ2n) is 10.3. The van der Waals surface area contributed by atoms with E-state index in [1.54, 1.807) is 6.42 Å². The molecule has 4 fully saturated rings. The topological polar surface area (TPSA) is 26.0 Å². The van der Waals surface area contributed by atoms with Crippen LogP contribution < -0.4 is 5.73 Å². The van der Waals surface area contributed by atoms with Crippen LogP contribution in [0.15, 0.2) is 0 Å². The van der Waals surface area contributed by atoms with Gasteiger partial charge in [0.25, 0.3) is 0 Å². The Kier molecular flexibility index (Phi) is 4.11. The second-order valence-corrected chi connectivity index (χ2v) is 10.3. The van der Waals surface area contributed by atoms with Crippen molar-refractivity contribution >= 4 is 0 Å². The van der Waals surface area contributed by atoms with E-state index in [-0.39, 0.29) is 0 Å². The average molecular weight is 318 g/mol. The lowest BCUT2D eigenvalue weighted by Crippen LogP contribution is -2.54. The van der Waals surface area contributed by atoms with Gasteiger partial charge in [-0.25, -0.2) is 0 Å². The maximum atomic E-state index is 6.33. The SMILES string of the molecule is CCCC1CCC2C3CCC4CC(N)CCC4(C)C3CCC12C. The summed E-state index contributed by atoms with van der Waals surface area (Å²) in [6, 6.07) is 0.499. The number of hydrogen-bond acceptors (Lipinski definition) is 1. The Labute approximate surface area is 144 Å². The molecule has 0 spiro atoms. The van der Waals surface area contributed by atoms with Gasteiger partial charge in [-0.2, -0.15) is 0 Å². The largest absolute Gasteiger partial charge is 0.328 e. The minimum Gasteiger partial charge on any atom is -0.328 e. The van der Waals surface area contributed by atoms with Crippen molar-refractivity contribution in [3.05, 3.63) is 0 Å². The Morgan fingerprint density at radius 1 is 0.870 bits per heavy atom. The average Bonchev–Trinajstić information content (AvgIpc) is 2.85. The van der Waals surface area contributed by atoms with Crippen molar-refractivity contribution in [1.82, 2.24) is 0 Å². The van der Waals surface area contributed by atoms with E-state index in [0.717, 1.165) is 29.6 Å². The summed E-state index contributed by atoms with van der Waals surface area (Å²) < 4.78 is 0. The van der Waals surface area contributed by atoms with Gasteiger partial charge in [-0.3, -0.25) is 0 Å². The summed E-state index contributed by atoms with van der Waals surface area (Å²) >= 11 is 0. The predicted molar refractivity (Wildman–Crippen MR) is 98.1 cm³/mol. The maximum absolute atomic E-state index is 6.33. The molecule has 0 aliphatic heterocycles. The number of fused-ring (bicyclic) bond motifs is 5. The van der Waals surface area contributed by atoms with Gasteiger partial charge in [-0.1, -0.05) is 33.6 Å². The van der Waals surface area contributed by atoms with Crippen molar-refractivity contribution in [2.75, 3.05) is 0 Å². The van der Waals surface area contributed by atoms with Crippen LogP contribution in [0.1, 0.15) is 91.4 Å². The number of rotatable bonds is 2. The van der Waals surface area contributed by atoms with E-state index in [9.17, 15) is 0 Å². The summed E-state index contributed by atoms with van der Waals surface area (Å²) in [6.07, 6.45) is 16.0. The molecular weight excluding hydrogens is 278 g/mol. The smallest absolute Gasteiger partial charge is 0.00418 e. The molecule has 2 N–H and O–H groups in total. The van der Waals surface area contributed by atoms with Gasteiger partial charge < -0.3 is 5.73 Å². The molecule has 4 aliphatic carbocycles. The summed E-state index contributed by atoms with van der Waals surface area (Å²) in [5.74, 6) is 5.08. The lowest BCUT2D eigenvalue weighted by molar-refractivity contribution is -0.113. The van der Waals surface area contributed by atoms with Crippen LogP contribution in [0.5, 0.6) is 0 Å². The fourth-order valence-electron chi connectivity index (χ4n) is 8.22. The van der Waals surface area contributed by atoms with Crippen LogP contribution in [-0.4, -0.2) is 6.04 Å². The number of hydrogen-bond donors (Lipinski definition) is 1. The van der Waals surface area contributed by atoms with E-state index in [0.29, 0.717) is 16.9 Å². The third-order valence-electron chi connectivity index (χ3n) is 9.54. The normalized spacial score (nSPS) is 55.8. The van der Waals surface area contributed by atoms with Crippen molar-refractivity contribution in [1.29, 1.82) is 0 Å². The van der Waals surface area contributed by atoms with Crippen LogP contribution in [0.4, 0.5) is 0 Å². The van der Waals surface area contributed by atoms with Crippen molar-refractivity contribution in [2.45, 2.75) is 97.4 Å². The monoisotopic (exact) mass is 317 g/mol. The molecular formula is C22H39N. The van der Waals surface area contributed by atoms with Gasteiger partial charge in [0, 0.05) is 6.04 Å². The summed E-state index contributed by atoms with van der Waals surface area (Å²) in [4.78, 5) is 0. The zero-order chi connectivity index (χ0) is 16.2. The lowest BCUT2D eigenvalue weighted by Gasteiger charge is -2.61. The molecule has 0 radical (unpaired) electrons. The molecule has 4 saturated carbocycles. The van der Waals surface area contributed by atoms with E-state index in [2.05, 4.69) is 20.8 Å². The van der Waals surface area contributed by atoms with Crippen LogP contribution >= 0.6 is 0 Å². The fourth-order valence-corrected chi connectivity index (χ4v) is 8.22. The highest BCUT2D eigenvalue weighted by atomic mass is 14.7. The highest BCUT2D eigenvalue weighted by Crippen LogP contribution is 2.67. The first-order chi connectivity index (χ1) is 11.0. The van der Waals surface area contributed by atoms with Crippen molar-refractivity contribution in [3.63, 3.8) is 0 Å². The van der Waals surface area contributed by atoms with Crippen LogP contribution in [0.25, 0.3) is 0 Å². The first-order valence-electron chi connectivity index (χ1n) is 10.7. The molecule has 0 amide bonds. The quantitative estimate of drug-likeness (QED) is 0.687. The predicted octanol–water partition coefficient (Wildman–Crippen LogP) is 5.77. The van der Waals surface area contributed by atoms with Crippen molar-refractivity contribution in [2.24, 2.45) is 46.2 Å². The van der Waals surface area contributed by atoms with Crippen LogP contribution in [0.2, 0.25) is 0 Å². The van der Waals surface area contributed by atoms with E-state index in [1.165, 1.54) is 64.2 Å². The molecule has 0 heterocycles. The minimum atomic E-state index is 0.499. The third kappa shape index (κ3) is 2.35. The Morgan fingerprint density at radius 3 is 2.39 bits per heavy atom. The first kappa shape index (κ1) is 16.4. The van der Waals surface area contributed by atoms with E-state index >= 15 is 0 Å². The molecule has 0 aromatic heterocycles. The Morgan fingerprint density at radius 2 is 1.61 bits per heavy atom. The summed E-state index contributed by atoms with van der Waals surface area (Å²) in [7, 11) is 0. The van der Waals surface area contributed by atoms with Crippen LogP contribution in [-0.2, 0) is 0 Å². The van der Waals surface area contributed by atoms with Gasteiger partial charge in [0.15, 0.2) is 0 Å². The van der Waals surface area contributed by atoms with Gasteiger partial charge >= 0.3 is 0 Å². The molecule has 4 aliphatic rings. The highest BCUT2D eigenvalue weighted by Gasteiger charge is 2.59. The zero-order valence-corrected chi connectivity index (χ0v) is 15.8. The molecule has 132 valence electrons. The first-order valence-corrected chi connectivity index (χ1v) is 10.7. The van der Waals surface area contributed by atoms with Gasteiger partial charge in [0.2, 0.25) is 0 Å². The van der Waals surface area contributed by atoms with E-state index in [1.807, 2.05) is 0 Å². The van der Waals surface area contributed by atoms with Gasteiger partial charge in [-0.15, -0.1) is 0 Å². The molecule has 4 rings (SSSR count). The highest BCUT2D eigenvalue weighted by molar-refractivity contribution is 5.09. The third-order valence-corrected chi connectivity index (χ3v) is 9.54. The Hall–Kier alpha value is -0.0400. The van der Waals surface area contributed by atoms with Gasteiger partial charge in [0.05, 0.1) is 0 Å². The van der Waals surface area contributed by atoms with Crippen molar-refractivity contribution in [3.8, 4) is 0 Å². The molecule has 1 nitrogen and oxygen atoms in total. The zero-order valence-electron chi connectivity index (χ0n) is 15.8. The van der Waals surface area contributed by atoms with Crippen molar-refractivity contribution < 1.29 is 0 Å². The molecule has 0 saturated heterocycles. The summed E-state index contributed by atoms with van der Waals surface area (Å²) in [6.45, 7) is 7.74. The van der Waals surface area contributed by atoms with Crippen LogP contribution in [0, 0.1) is 40.4 Å². The van der Waals surface area contributed by atoms with Crippen LogP contribution in [0.3, 0.4) is 0 Å². The maximum Gasteiger partial charge on any atom is 0.00418 e. The standard InChI is InChI=1S/C22H39N/c1-4-5-15-7-9-19-18-8-6-16-14-17(23)10-12-22(16,3)20(18)11-13-21(15,19)2/h15-20H,4-14,23H2,1-3H3. The molecule has 0 bridgehead atoms. The van der Waals surface area contributed by atoms with Gasteiger partial charge in [-0.05, 0) is 98.2 Å².